The smallest absolute Gasteiger partial charge is 0.0657 e. The van der Waals surface area contributed by atoms with Gasteiger partial charge in [0.2, 0.25) is 0 Å². The summed E-state index contributed by atoms with van der Waals surface area (Å²) in [4.78, 5) is 8.11. The first-order chi connectivity index (χ1) is 8.95. The summed E-state index contributed by atoms with van der Waals surface area (Å²) in [5.74, 6) is 0. The lowest BCUT2D eigenvalue weighted by molar-refractivity contribution is 0.754. The van der Waals surface area contributed by atoms with Crippen LogP contribution in [0.4, 0.5) is 0 Å². The molecule has 90 valence electrons. The molecule has 0 aliphatic carbocycles. The number of pyridine rings is 2. The van der Waals surface area contributed by atoms with Crippen LogP contribution in [0.2, 0.25) is 0 Å². The zero-order valence-corrected chi connectivity index (χ0v) is 9.93. The highest BCUT2D eigenvalue weighted by Gasteiger charge is 2.14. The maximum Gasteiger partial charge on any atom is 0.0657 e. The van der Waals surface area contributed by atoms with E-state index in [-0.39, 0.29) is 0 Å². The highest BCUT2D eigenvalue weighted by Crippen LogP contribution is 2.23. The van der Waals surface area contributed by atoms with Crippen LogP contribution in [0.5, 0.6) is 0 Å². The summed E-state index contributed by atoms with van der Waals surface area (Å²) in [6.45, 7) is 1.85. The van der Waals surface area contributed by atoms with Crippen LogP contribution in [0.25, 0.3) is 11.4 Å². The highest BCUT2D eigenvalue weighted by atomic mass is 15.0. The van der Waals surface area contributed by atoms with Crippen LogP contribution in [0, 0.1) is 0 Å². The van der Waals surface area contributed by atoms with Gasteiger partial charge in [0.25, 0.3) is 0 Å². The molecular formula is C14H14N4. The van der Waals surface area contributed by atoms with Crippen molar-refractivity contribution in [2.75, 3.05) is 13.1 Å². The summed E-state index contributed by atoms with van der Waals surface area (Å²) < 4.78 is 0. The molecule has 0 fully saturated rings. The molecule has 4 heteroatoms. The first-order valence-corrected chi connectivity index (χ1v) is 5.98. The topological polar surface area (TPSA) is 49.8 Å². The zero-order valence-electron chi connectivity index (χ0n) is 9.93. The van der Waals surface area contributed by atoms with Crippen molar-refractivity contribution in [1.82, 2.24) is 20.6 Å². The lowest BCUT2D eigenvalue weighted by Gasteiger charge is -2.24. The third-order valence-corrected chi connectivity index (χ3v) is 2.92. The lowest BCUT2D eigenvalue weighted by Crippen LogP contribution is -2.33. The molecule has 3 heterocycles. The Balaban J connectivity index is 2.10. The molecule has 1 aliphatic rings. The standard InChI is InChI=1S/C14H14N4/c1-5-15-6-2-11(1)13-14(18-10-9-17-13)12-3-7-16-8-4-12/h1-8,17-18H,9-10H2. The van der Waals surface area contributed by atoms with E-state index in [0.29, 0.717) is 0 Å². The number of nitrogens with one attached hydrogen (secondary N) is 2. The Morgan fingerprint density at radius 2 is 1.06 bits per heavy atom. The van der Waals surface area contributed by atoms with Gasteiger partial charge in [-0.3, -0.25) is 9.97 Å². The molecule has 3 rings (SSSR count). The molecule has 0 saturated heterocycles. The van der Waals surface area contributed by atoms with Gasteiger partial charge in [-0.25, -0.2) is 0 Å². The molecule has 4 nitrogen and oxygen atoms in total. The predicted molar refractivity (Wildman–Crippen MR) is 71.3 cm³/mol. The van der Waals surface area contributed by atoms with Gasteiger partial charge in [0.1, 0.15) is 0 Å². The molecule has 2 aromatic heterocycles. The quantitative estimate of drug-likeness (QED) is 0.832. The van der Waals surface area contributed by atoms with Gasteiger partial charge in [0, 0.05) is 49.0 Å². The molecular weight excluding hydrogens is 224 g/mol. The molecule has 0 bridgehead atoms. The van der Waals surface area contributed by atoms with Gasteiger partial charge in [-0.2, -0.15) is 0 Å². The minimum Gasteiger partial charge on any atom is -0.381 e. The number of hydrogen-bond acceptors (Lipinski definition) is 4. The average Bonchev–Trinajstić information content (AvgIpc) is 2.49. The van der Waals surface area contributed by atoms with Gasteiger partial charge < -0.3 is 10.6 Å². The Bertz CT molecular complexity index is 497. The Kier molecular flexibility index (Phi) is 2.92. The zero-order chi connectivity index (χ0) is 12.2. The number of hydrogen-bond donors (Lipinski definition) is 2. The molecule has 2 N–H and O–H groups in total. The van der Waals surface area contributed by atoms with E-state index < -0.39 is 0 Å². The first kappa shape index (κ1) is 10.8. The van der Waals surface area contributed by atoms with Crippen LogP contribution in [0.15, 0.2) is 49.1 Å². The normalized spacial score (nSPS) is 14.9. The van der Waals surface area contributed by atoms with E-state index in [4.69, 9.17) is 0 Å². The third kappa shape index (κ3) is 2.05. The van der Waals surface area contributed by atoms with Crippen molar-refractivity contribution in [2.45, 2.75) is 0 Å². The van der Waals surface area contributed by atoms with Crippen LogP contribution in [-0.4, -0.2) is 23.1 Å². The fraction of sp³-hybridized carbons (Fsp3) is 0.143. The number of aromatic nitrogens is 2. The highest BCUT2D eigenvalue weighted by molar-refractivity contribution is 5.89. The maximum absolute atomic E-state index is 4.06. The van der Waals surface area contributed by atoms with Gasteiger partial charge in [-0.15, -0.1) is 0 Å². The van der Waals surface area contributed by atoms with Crippen molar-refractivity contribution in [3.8, 4) is 0 Å². The third-order valence-electron chi connectivity index (χ3n) is 2.92. The number of rotatable bonds is 2. The fourth-order valence-corrected chi connectivity index (χ4v) is 2.08. The summed E-state index contributed by atoms with van der Waals surface area (Å²) in [6.07, 6.45) is 7.23. The lowest BCUT2D eigenvalue weighted by atomic mass is 10.1. The second-order valence-corrected chi connectivity index (χ2v) is 4.08. The van der Waals surface area contributed by atoms with E-state index in [1.807, 2.05) is 49.1 Å². The van der Waals surface area contributed by atoms with E-state index in [9.17, 15) is 0 Å². The second kappa shape index (κ2) is 4.87. The maximum atomic E-state index is 4.06. The van der Waals surface area contributed by atoms with Crippen LogP contribution in [-0.2, 0) is 0 Å². The Labute approximate surface area is 106 Å². The number of nitrogens with zero attached hydrogens (tertiary/aromatic N) is 2. The molecule has 0 spiro atoms. The Morgan fingerprint density at radius 3 is 1.44 bits per heavy atom. The van der Waals surface area contributed by atoms with Gasteiger partial charge in [0.05, 0.1) is 11.4 Å². The molecule has 0 saturated carbocycles. The molecule has 0 radical (unpaired) electrons. The van der Waals surface area contributed by atoms with Crippen LogP contribution >= 0.6 is 0 Å². The van der Waals surface area contributed by atoms with Gasteiger partial charge in [-0.1, -0.05) is 0 Å². The molecule has 2 aromatic rings. The average molecular weight is 238 g/mol. The van der Waals surface area contributed by atoms with Crippen molar-refractivity contribution in [2.24, 2.45) is 0 Å². The molecule has 0 unspecified atom stereocenters. The van der Waals surface area contributed by atoms with Crippen molar-refractivity contribution in [3.63, 3.8) is 0 Å². The summed E-state index contributed by atoms with van der Waals surface area (Å²) in [5.41, 5.74) is 4.53. The van der Waals surface area contributed by atoms with Crippen molar-refractivity contribution in [1.29, 1.82) is 0 Å². The molecule has 0 amide bonds. The van der Waals surface area contributed by atoms with Crippen molar-refractivity contribution < 1.29 is 0 Å². The fourth-order valence-electron chi connectivity index (χ4n) is 2.08. The Morgan fingerprint density at radius 1 is 0.667 bits per heavy atom. The van der Waals surface area contributed by atoms with E-state index in [2.05, 4.69) is 20.6 Å². The molecule has 1 aliphatic heterocycles. The van der Waals surface area contributed by atoms with Crippen molar-refractivity contribution in [3.05, 3.63) is 60.2 Å². The van der Waals surface area contributed by atoms with Crippen LogP contribution < -0.4 is 10.6 Å². The van der Waals surface area contributed by atoms with Crippen LogP contribution in [0.3, 0.4) is 0 Å². The van der Waals surface area contributed by atoms with Gasteiger partial charge in [0.15, 0.2) is 0 Å². The van der Waals surface area contributed by atoms with Crippen LogP contribution in [0.1, 0.15) is 11.1 Å². The monoisotopic (exact) mass is 238 g/mol. The SMILES string of the molecule is c1cc(C2=C(c3ccncc3)NCCN2)ccn1. The van der Waals surface area contributed by atoms with Crippen molar-refractivity contribution >= 4 is 11.4 Å². The molecule has 18 heavy (non-hydrogen) atoms. The summed E-state index contributed by atoms with van der Waals surface area (Å²) >= 11 is 0. The van der Waals surface area contributed by atoms with Gasteiger partial charge in [-0.05, 0) is 24.3 Å². The molecule has 0 atom stereocenters. The van der Waals surface area contributed by atoms with Gasteiger partial charge >= 0.3 is 0 Å². The van der Waals surface area contributed by atoms with E-state index >= 15 is 0 Å². The van der Waals surface area contributed by atoms with E-state index in [0.717, 1.165) is 35.6 Å². The first-order valence-electron chi connectivity index (χ1n) is 5.98. The minimum atomic E-state index is 0.923. The minimum absolute atomic E-state index is 0.923. The Hall–Kier alpha value is -2.36. The summed E-state index contributed by atoms with van der Waals surface area (Å²) in [5, 5.41) is 6.91. The second-order valence-electron chi connectivity index (χ2n) is 4.08. The van der Waals surface area contributed by atoms with E-state index in [1.165, 1.54) is 0 Å². The molecule has 0 aromatic carbocycles. The summed E-state index contributed by atoms with van der Waals surface area (Å²) in [7, 11) is 0. The van der Waals surface area contributed by atoms with E-state index in [1.54, 1.807) is 0 Å². The summed E-state index contributed by atoms with van der Waals surface area (Å²) in [6, 6.07) is 8.04. The largest absolute Gasteiger partial charge is 0.381 e. The predicted octanol–water partition coefficient (Wildman–Crippen LogP) is 1.50.